The molecule has 0 unspecified atom stereocenters. The number of carbonyl (C=O) groups excluding carboxylic acids is 2. The third-order valence-corrected chi connectivity index (χ3v) is 4.78. The molecule has 1 aliphatic rings. The Bertz CT molecular complexity index is 1010. The van der Waals surface area contributed by atoms with Gasteiger partial charge in [0.1, 0.15) is 12.1 Å². The number of benzene rings is 2. The second-order valence-electron chi connectivity index (χ2n) is 6.75. The fraction of sp³-hybridized carbons (Fsp3) is 0.238. The van der Waals surface area contributed by atoms with E-state index < -0.39 is 0 Å². The lowest BCUT2D eigenvalue weighted by Crippen LogP contribution is -2.29. The fourth-order valence-corrected chi connectivity index (χ4v) is 3.22. The van der Waals surface area contributed by atoms with Crippen LogP contribution in [0, 0.1) is 0 Å². The molecule has 0 saturated heterocycles. The van der Waals surface area contributed by atoms with Gasteiger partial charge in [-0.2, -0.15) is 10.1 Å². The Kier molecular flexibility index (Phi) is 5.24. The van der Waals surface area contributed by atoms with Gasteiger partial charge in [-0.1, -0.05) is 31.2 Å². The summed E-state index contributed by atoms with van der Waals surface area (Å²) in [5.41, 5.74) is 2.87. The number of hydrogen-bond acceptors (Lipinski definition) is 5. The van der Waals surface area contributed by atoms with E-state index in [0.717, 1.165) is 17.7 Å². The Balaban J connectivity index is 1.35. The van der Waals surface area contributed by atoms with Crippen LogP contribution in [0.1, 0.15) is 30.5 Å². The molecule has 8 nitrogen and oxygen atoms in total. The lowest BCUT2D eigenvalue weighted by atomic mass is 10.0. The predicted octanol–water partition coefficient (Wildman–Crippen LogP) is 2.79. The van der Waals surface area contributed by atoms with Crippen LogP contribution in [-0.4, -0.2) is 33.2 Å². The van der Waals surface area contributed by atoms with E-state index in [2.05, 4.69) is 27.6 Å². The van der Waals surface area contributed by atoms with Gasteiger partial charge in [-0.05, 0) is 41.8 Å². The van der Waals surface area contributed by atoms with Gasteiger partial charge in [-0.25, -0.2) is 4.68 Å². The molecule has 3 aromatic rings. The van der Waals surface area contributed by atoms with E-state index in [0.29, 0.717) is 11.7 Å². The molecule has 1 aliphatic heterocycles. The molecule has 0 fully saturated rings. The van der Waals surface area contributed by atoms with Crippen LogP contribution in [0.4, 0.5) is 11.6 Å². The van der Waals surface area contributed by atoms with E-state index in [-0.39, 0.29) is 30.9 Å². The summed E-state index contributed by atoms with van der Waals surface area (Å²) in [4.78, 5) is 28.0. The summed E-state index contributed by atoms with van der Waals surface area (Å²) in [5, 5.41) is 9.69. The Morgan fingerprint density at radius 2 is 1.97 bits per heavy atom. The number of nitrogens with one attached hydrogen (secondary N) is 2. The molecule has 148 valence electrons. The second kappa shape index (κ2) is 8.14. The molecule has 2 amide bonds. The Morgan fingerprint density at radius 1 is 1.21 bits per heavy atom. The van der Waals surface area contributed by atoms with Crippen LogP contribution in [0.5, 0.6) is 5.75 Å². The lowest BCUT2D eigenvalue weighted by Gasteiger charge is -2.23. The molecule has 1 atom stereocenters. The lowest BCUT2D eigenvalue weighted by molar-refractivity contribution is -0.118. The number of ether oxygens (including phenoxy) is 1. The monoisotopic (exact) mass is 391 g/mol. The highest BCUT2D eigenvalue weighted by Crippen LogP contribution is 2.29. The average Bonchev–Trinajstić information content (AvgIpc) is 3.21. The van der Waals surface area contributed by atoms with Gasteiger partial charge in [0, 0.05) is 5.69 Å². The Morgan fingerprint density at radius 3 is 2.69 bits per heavy atom. The molecule has 0 aliphatic carbocycles. The average molecular weight is 391 g/mol. The van der Waals surface area contributed by atoms with Crippen LogP contribution in [0.3, 0.4) is 0 Å². The van der Waals surface area contributed by atoms with Gasteiger partial charge in [-0.3, -0.25) is 14.9 Å². The van der Waals surface area contributed by atoms with Crippen molar-refractivity contribution < 1.29 is 14.3 Å². The maximum absolute atomic E-state index is 12.1. The van der Waals surface area contributed by atoms with Gasteiger partial charge < -0.3 is 10.1 Å². The molecule has 29 heavy (non-hydrogen) atoms. The van der Waals surface area contributed by atoms with E-state index in [1.54, 1.807) is 16.8 Å². The molecule has 4 rings (SSSR count). The fourth-order valence-electron chi connectivity index (χ4n) is 3.22. The van der Waals surface area contributed by atoms with E-state index >= 15 is 0 Å². The van der Waals surface area contributed by atoms with Crippen LogP contribution in [0.15, 0.2) is 54.9 Å². The van der Waals surface area contributed by atoms with Gasteiger partial charge in [0.05, 0.1) is 12.5 Å². The van der Waals surface area contributed by atoms with Gasteiger partial charge in [0.25, 0.3) is 5.91 Å². The summed E-state index contributed by atoms with van der Waals surface area (Å²) in [6, 6.07) is 14.8. The summed E-state index contributed by atoms with van der Waals surface area (Å²) >= 11 is 0. The molecule has 0 bridgehead atoms. The smallest absolute Gasteiger partial charge is 0.262 e. The summed E-state index contributed by atoms with van der Waals surface area (Å²) in [6.07, 6.45) is 2.66. The number of anilines is 2. The van der Waals surface area contributed by atoms with Crippen molar-refractivity contribution >= 4 is 23.5 Å². The first-order valence-corrected chi connectivity index (χ1v) is 9.43. The number of fused-ring (bicyclic) bond motifs is 1. The molecule has 8 heteroatoms. The molecule has 1 aromatic heterocycles. The number of aryl methyl sites for hydroxylation is 1. The summed E-state index contributed by atoms with van der Waals surface area (Å²) < 4.78 is 7.27. The molecular weight excluding hydrogens is 370 g/mol. The quantitative estimate of drug-likeness (QED) is 0.673. The van der Waals surface area contributed by atoms with Crippen LogP contribution < -0.4 is 15.4 Å². The minimum atomic E-state index is -0.227. The van der Waals surface area contributed by atoms with Gasteiger partial charge in [-0.15, -0.1) is 0 Å². The number of hydrogen-bond donors (Lipinski definition) is 2. The zero-order chi connectivity index (χ0) is 20.2. The van der Waals surface area contributed by atoms with Gasteiger partial charge in [0.15, 0.2) is 6.61 Å². The van der Waals surface area contributed by atoms with E-state index in [9.17, 15) is 9.59 Å². The summed E-state index contributed by atoms with van der Waals surface area (Å²) in [5.74, 6) is 0.688. The number of aromatic nitrogens is 3. The van der Waals surface area contributed by atoms with E-state index in [1.807, 2.05) is 36.4 Å². The van der Waals surface area contributed by atoms with Crippen molar-refractivity contribution in [3.8, 4) is 5.75 Å². The zero-order valence-electron chi connectivity index (χ0n) is 16.0. The third kappa shape index (κ3) is 4.26. The van der Waals surface area contributed by atoms with Crippen molar-refractivity contribution in [1.82, 2.24) is 14.8 Å². The van der Waals surface area contributed by atoms with E-state index in [1.165, 1.54) is 11.9 Å². The first-order chi connectivity index (χ1) is 14.1. The highest BCUT2D eigenvalue weighted by Gasteiger charge is 2.27. The van der Waals surface area contributed by atoms with Gasteiger partial charge >= 0.3 is 0 Å². The maximum Gasteiger partial charge on any atom is 0.262 e. The third-order valence-electron chi connectivity index (χ3n) is 4.78. The van der Waals surface area contributed by atoms with Crippen LogP contribution in [-0.2, 0) is 16.0 Å². The number of nitrogens with zero attached hydrogens (tertiary/aromatic N) is 3. The Labute approximate surface area is 167 Å². The standard InChI is InChI=1S/C21H21N5O3/c1-2-14-3-7-16(8-4-14)24-20(28)12-29-17-9-5-15(6-10-17)18-11-19(27)25-21-22-13-23-26(18)21/h3-10,13,18H,2,11-12H2,1H3,(H,24,28)(H,22,23,25,27)/t18-/m0/s1. The van der Waals surface area contributed by atoms with Gasteiger partial charge in [0.2, 0.25) is 11.9 Å². The van der Waals surface area contributed by atoms with Crippen molar-refractivity contribution in [3.63, 3.8) is 0 Å². The van der Waals surface area contributed by atoms with Crippen LogP contribution >= 0.6 is 0 Å². The minimum absolute atomic E-state index is 0.0894. The minimum Gasteiger partial charge on any atom is -0.484 e. The van der Waals surface area contributed by atoms with Crippen molar-refractivity contribution in [3.05, 3.63) is 66.0 Å². The SMILES string of the molecule is CCc1ccc(NC(=O)COc2ccc([C@@H]3CC(=O)Nc4ncnn43)cc2)cc1. The van der Waals surface area contributed by atoms with Crippen molar-refractivity contribution in [2.45, 2.75) is 25.8 Å². The molecule has 0 saturated carbocycles. The molecular formula is C21H21N5O3. The maximum atomic E-state index is 12.1. The van der Waals surface area contributed by atoms with Crippen molar-refractivity contribution in [1.29, 1.82) is 0 Å². The second-order valence-corrected chi connectivity index (χ2v) is 6.75. The number of carbonyl (C=O) groups is 2. The number of amides is 2. The topological polar surface area (TPSA) is 98.1 Å². The first-order valence-electron chi connectivity index (χ1n) is 9.43. The molecule has 2 N–H and O–H groups in total. The largest absolute Gasteiger partial charge is 0.484 e. The van der Waals surface area contributed by atoms with Crippen molar-refractivity contribution in [2.24, 2.45) is 0 Å². The summed E-state index contributed by atoms with van der Waals surface area (Å²) in [6.45, 7) is 1.99. The molecule has 2 heterocycles. The predicted molar refractivity (Wildman–Crippen MR) is 108 cm³/mol. The molecule has 2 aromatic carbocycles. The molecule has 0 radical (unpaired) electrons. The highest BCUT2D eigenvalue weighted by molar-refractivity contribution is 5.92. The van der Waals surface area contributed by atoms with Crippen LogP contribution in [0.25, 0.3) is 0 Å². The zero-order valence-corrected chi connectivity index (χ0v) is 16.0. The van der Waals surface area contributed by atoms with Crippen molar-refractivity contribution in [2.75, 3.05) is 17.2 Å². The number of rotatable bonds is 6. The first kappa shape index (κ1) is 18.7. The summed E-state index contributed by atoms with van der Waals surface area (Å²) in [7, 11) is 0. The van der Waals surface area contributed by atoms with Crippen LogP contribution in [0.2, 0.25) is 0 Å². The van der Waals surface area contributed by atoms with E-state index in [4.69, 9.17) is 4.74 Å². The molecule has 0 spiro atoms. The highest BCUT2D eigenvalue weighted by atomic mass is 16.5. The normalized spacial score (nSPS) is 15.3. The Hall–Kier alpha value is -3.68.